The minimum Gasteiger partial charge on any atom is -0.321 e. The highest BCUT2D eigenvalue weighted by Crippen LogP contribution is 2.45. The molecule has 0 saturated heterocycles. The van der Waals surface area contributed by atoms with Crippen molar-refractivity contribution < 1.29 is 0 Å². The number of aromatic nitrogens is 2. The van der Waals surface area contributed by atoms with Crippen molar-refractivity contribution in [1.82, 2.24) is 9.78 Å². The van der Waals surface area contributed by atoms with Crippen molar-refractivity contribution in [3.63, 3.8) is 0 Å². The van der Waals surface area contributed by atoms with Gasteiger partial charge in [-0.2, -0.15) is 5.10 Å². The number of nitrogens with zero attached hydrogens (tertiary/aromatic N) is 2. The predicted molar refractivity (Wildman–Crippen MR) is 47.8 cm³/mol. The Kier molecular flexibility index (Phi) is 1.37. The average Bonchev–Trinajstić information content (AvgIpc) is 2.62. The molecule has 0 aliphatic heterocycles. The summed E-state index contributed by atoms with van der Waals surface area (Å²) in [5.74, 6) is 0. The molecule has 12 heavy (non-hydrogen) atoms. The first-order valence-electron chi connectivity index (χ1n) is 4.34. The molecule has 2 N–H and O–H groups in total. The molecule has 0 bridgehead atoms. The third-order valence-corrected chi connectivity index (χ3v) is 2.80. The van der Waals surface area contributed by atoms with Crippen LogP contribution in [0.2, 0.25) is 0 Å². The summed E-state index contributed by atoms with van der Waals surface area (Å²) in [5, 5.41) is 4.35. The molecule has 1 saturated carbocycles. The van der Waals surface area contributed by atoms with E-state index in [9.17, 15) is 0 Å². The maximum atomic E-state index is 6.13. The van der Waals surface area contributed by atoms with Crippen molar-refractivity contribution in [3.05, 3.63) is 17.0 Å². The first-order chi connectivity index (χ1) is 5.54. The van der Waals surface area contributed by atoms with Gasteiger partial charge in [-0.3, -0.25) is 4.68 Å². The highest BCUT2D eigenvalue weighted by atomic mass is 15.3. The molecule has 3 heteroatoms. The van der Waals surface area contributed by atoms with E-state index in [4.69, 9.17) is 5.73 Å². The van der Waals surface area contributed by atoms with Crippen LogP contribution in [0.25, 0.3) is 0 Å². The molecular formula is C9H15N3. The van der Waals surface area contributed by atoms with Crippen LogP contribution < -0.4 is 5.73 Å². The molecule has 1 aliphatic rings. The third-order valence-electron chi connectivity index (χ3n) is 2.80. The maximum Gasteiger partial charge on any atom is 0.0647 e. The summed E-state index contributed by atoms with van der Waals surface area (Å²) in [7, 11) is 1.97. The normalized spacial score (nSPS) is 19.7. The first kappa shape index (κ1) is 7.80. The summed E-state index contributed by atoms with van der Waals surface area (Å²) < 4.78 is 1.91. The molecule has 2 rings (SSSR count). The Morgan fingerprint density at radius 2 is 2.00 bits per heavy atom. The quantitative estimate of drug-likeness (QED) is 0.674. The van der Waals surface area contributed by atoms with E-state index in [0.29, 0.717) is 0 Å². The summed E-state index contributed by atoms with van der Waals surface area (Å²) in [5.41, 5.74) is 9.67. The minimum absolute atomic E-state index is 0.0393. The smallest absolute Gasteiger partial charge is 0.0647 e. The average molecular weight is 165 g/mol. The molecule has 0 amide bonds. The summed E-state index contributed by atoms with van der Waals surface area (Å²) >= 11 is 0. The van der Waals surface area contributed by atoms with Gasteiger partial charge >= 0.3 is 0 Å². The number of aryl methyl sites for hydroxylation is 2. The lowest BCUT2D eigenvalue weighted by molar-refractivity contribution is 0.708. The highest BCUT2D eigenvalue weighted by Gasteiger charge is 2.43. The molecule has 66 valence electrons. The molecule has 0 spiro atoms. The number of hydrogen-bond donors (Lipinski definition) is 1. The van der Waals surface area contributed by atoms with Gasteiger partial charge in [0.05, 0.1) is 5.69 Å². The van der Waals surface area contributed by atoms with Crippen LogP contribution >= 0.6 is 0 Å². The molecule has 0 aromatic carbocycles. The molecule has 0 unspecified atom stereocenters. The Bertz CT molecular complexity index is 321. The summed E-state index contributed by atoms with van der Waals surface area (Å²) in [6, 6.07) is 0. The number of rotatable bonds is 1. The van der Waals surface area contributed by atoms with E-state index >= 15 is 0 Å². The van der Waals surface area contributed by atoms with Crippen LogP contribution in [0.5, 0.6) is 0 Å². The number of hydrogen-bond acceptors (Lipinski definition) is 2. The highest BCUT2D eigenvalue weighted by molar-refractivity contribution is 5.36. The molecule has 1 aromatic rings. The predicted octanol–water partition coefficient (Wildman–Crippen LogP) is 0.985. The summed E-state index contributed by atoms with van der Waals surface area (Å²) in [4.78, 5) is 0. The monoisotopic (exact) mass is 165 g/mol. The zero-order valence-electron chi connectivity index (χ0n) is 7.89. The molecule has 1 heterocycles. The second kappa shape index (κ2) is 2.10. The molecule has 1 aromatic heterocycles. The Hall–Kier alpha value is -0.830. The van der Waals surface area contributed by atoms with Crippen molar-refractivity contribution in [2.45, 2.75) is 32.2 Å². The first-order valence-corrected chi connectivity index (χ1v) is 4.34. The molecule has 1 fully saturated rings. The van der Waals surface area contributed by atoms with Crippen molar-refractivity contribution in [2.24, 2.45) is 12.8 Å². The second-order valence-electron chi connectivity index (χ2n) is 3.83. The van der Waals surface area contributed by atoms with Gasteiger partial charge in [-0.1, -0.05) is 0 Å². The lowest BCUT2D eigenvalue weighted by atomic mass is 10.0. The maximum absolute atomic E-state index is 6.13. The Labute approximate surface area is 72.6 Å². The fourth-order valence-electron chi connectivity index (χ4n) is 1.88. The topological polar surface area (TPSA) is 43.8 Å². The fraction of sp³-hybridized carbons (Fsp3) is 0.667. The third kappa shape index (κ3) is 0.894. The van der Waals surface area contributed by atoms with Gasteiger partial charge in [-0.05, 0) is 26.7 Å². The van der Waals surface area contributed by atoms with E-state index in [1.807, 2.05) is 18.7 Å². The van der Waals surface area contributed by atoms with Gasteiger partial charge in [0.2, 0.25) is 0 Å². The fourth-order valence-corrected chi connectivity index (χ4v) is 1.88. The van der Waals surface area contributed by atoms with Crippen molar-refractivity contribution >= 4 is 0 Å². The van der Waals surface area contributed by atoms with E-state index in [1.54, 1.807) is 0 Å². The van der Waals surface area contributed by atoms with Gasteiger partial charge in [0, 0.05) is 23.8 Å². The van der Waals surface area contributed by atoms with E-state index in [1.165, 1.54) is 11.3 Å². The van der Waals surface area contributed by atoms with Crippen molar-refractivity contribution in [1.29, 1.82) is 0 Å². The van der Waals surface area contributed by atoms with Crippen LogP contribution in [0.3, 0.4) is 0 Å². The van der Waals surface area contributed by atoms with E-state index in [-0.39, 0.29) is 5.54 Å². The van der Waals surface area contributed by atoms with Gasteiger partial charge in [-0.15, -0.1) is 0 Å². The largest absolute Gasteiger partial charge is 0.321 e. The Morgan fingerprint density at radius 3 is 2.33 bits per heavy atom. The molecule has 3 nitrogen and oxygen atoms in total. The standard InChI is InChI=1S/C9H15N3/c1-6-8(9(10)4-5-9)7(2)12(3)11-6/h4-5,10H2,1-3H3. The molecular weight excluding hydrogens is 150 g/mol. The van der Waals surface area contributed by atoms with Crippen LogP contribution in [0.1, 0.15) is 29.8 Å². The molecule has 0 atom stereocenters. The van der Waals surface area contributed by atoms with Crippen LogP contribution in [0.15, 0.2) is 0 Å². The minimum atomic E-state index is -0.0393. The zero-order chi connectivity index (χ0) is 8.93. The Balaban J connectivity index is 2.55. The molecule has 1 aliphatic carbocycles. The van der Waals surface area contributed by atoms with Gasteiger partial charge in [-0.25, -0.2) is 0 Å². The van der Waals surface area contributed by atoms with E-state index < -0.39 is 0 Å². The second-order valence-corrected chi connectivity index (χ2v) is 3.83. The van der Waals surface area contributed by atoms with Crippen LogP contribution in [-0.2, 0) is 12.6 Å². The van der Waals surface area contributed by atoms with Crippen LogP contribution in [0, 0.1) is 13.8 Å². The summed E-state index contributed by atoms with van der Waals surface area (Å²) in [6.07, 6.45) is 2.22. The molecule has 0 radical (unpaired) electrons. The van der Waals surface area contributed by atoms with Gasteiger partial charge < -0.3 is 5.73 Å². The van der Waals surface area contributed by atoms with Crippen LogP contribution in [-0.4, -0.2) is 9.78 Å². The van der Waals surface area contributed by atoms with Crippen molar-refractivity contribution in [3.8, 4) is 0 Å². The summed E-state index contributed by atoms with van der Waals surface area (Å²) in [6.45, 7) is 4.12. The lowest BCUT2D eigenvalue weighted by Crippen LogP contribution is -2.20. The van der Waals surface area contributed by atoms with Gasteiger partial charge in [0.15, 0.2) is 0 Å². The Morgan fingerprint density at radius 1 is 1.42 bits per heavy atom. The van der Waals surface area contributed by atoms with Gasteiger partial charge in [0.1, 0.15) is 0 Å². The van der Waals surface area contributed by atoms with E-state index in [2.05, 4.69) is 12.0 Å². The van der Waals surface area contributed by atoms with E-state index in [0.717, 1.165) is 18.5 Å². The number of nitrogens with two attached hydrogens (primary N) is 1. The van der Waals surface area contributed by atoms with Crippen molar-refractivity contribution in [2.75, 3.05) is 0 Å². The van der Waals surface area contributed by atoms with Crippen LogP contribution in [0.4, 0.5) is 0 Å². The lowest BCUT2D eigenvalue weighted by Gasteiger charge is -2.08. The zero-order valence-corrected chi connectivity index (χ0v) is 7.89. The van der Waals surface area contributed by atoms with Gasteiger partial charge in [0.25, 0.3) is 0 Å². The SMILES string of the molecule is Cc1nn(C)c(C)c1C1(N)CC1.